The number of alkyl halides is 1. The van der Waals surface area contributed by atoms with Crippen molar-refractivity contribution in [2.75, 3.05) is 72.6 Å². The molecule has 80 heavy (non-hydrogen) atoms. The van der Waals surface area contributed by atoms with E-state index in [1.807, 2.05) is 5.32 Å². The lowest BCUT2D eigenvalue weighted by molar-refractivity contribution is -0.219. The van der Waals surface area contributed by atoms with E-state index in [0.29, 0.717) is 5.69 Å². The summed E-state index contributed by atoms with van der Waals surface area (Å²) < 4.78 is 40.3. The fraction of sp³-hybridized carbons (Fsp3) is 0.717. The molecule has 2 rings (SSSR count). The first kappa shape index (κ1) is 69.0. The van der Waals surface area contributed by atoms with Crippen molar-refractivity contribution in [1.82, 2.24) is 52.2 Å². The maximum Gasteiger partial charge on any atom is 0.305 e. The van der Waals surface area contributed by atoms with Crippen LogP contribution in [0.2, 0.25) is 0 Å². The van der Waals surface area contributed by atoms with Crippen LogP contribution in [0.4, 0.5) is 4.39 Å². The molecule has 0 unspecified atom stereocenters. The van der Waals surface area contributed by atoms with Gasteiger partial charge in [-0.05, 0) is 32.1 Å². The molecule has 0 aromatic carbocycles. The molecule has 14 N–H and O–H groups in total. The van der Waals surface area contributed by atoms with Crippen LogP contribution in [0.3, 0.4) is 0 Å². The first-order valence-corrected chi connectivity index (χ1v) is 25.2. The molecule has 0 aliphatic carbocycles. The number of aliphatic hydroxyl groups is 3. The molecule has 34 heteroatoms. The van der Waals surface area contributed by atoms with Crippen molar-refractivity contribution in [3.05, 3.63) is 11.9 Å². The molecule has 1 aliphatic heterocycles. The zero-order valence-corrected chi connectivity index (χ0v) is 44.2. The summed E-state index contributed by atoms with van der Waals surface area (Å²) in [5.41, 5.74) is 0.408. The predicted molar refractivity (Wildman–Crippen MR) is 264 cm³/mol. The lowest BCUT2D eigenvalue weighted by Crippen LogP contribution is -2.65. The Morgan fingerprint density at radius 2 is 1.16 bits per heavy atom. The minimum Gasteiger partial charge on any atom is -0.481 e. The summed E-state index contributed by atoms with van der Waals surface area (Å²) in [4.78, 5) is 139. The van der Waals surface area contributed by atoms with Crippen LogP contribution in [0.15, 0.2) is 6.20 Å². The monoisotopic (exact) mass is 1150 g/mol. The number of carbonyl (C=O) groups excluding carboxylic acids is 7. The van der Waals surface area contributed by atoms with Gasteiger partial charge in [-0.1, -0.05) is 19.1 Å². The van der Waals surface area contributed by atoms with Gasteiger partial charge in [0.2, 0.25) is 35.4 Å². The number of halogens is 1. The SMILES string of the molecule is CC(C)[C@H](NC(=O)[C@H](CCC(=O)O)NC(=O)[C@H](CC(=O)O)NC(=O)[C@@H]1O[C@H](CNC(=O)Cn2cc(CCC[18F])nn2)[C@@H](O)[C@H](O)[C@@H]1O)C(=O)N[C@@H](CC(=O)O)C(=O)N[C@@H](C)C(=O)NCCOCCOCCOCCOCCC(=O)O. The van der Waals surface area contributed by atoms with Crippen LogP contribution in [0.1, 0.15) is 65.0 Å². The van der Waals surface area contributed by atoms with Gasteiger partial charge in [0.25, 0.3) is 5.91 Å². The summed E-state index contributed by atoms with van der Waals surface area (Å²) in [6, 6.07) is -8.76. The van der Waals surface area contributed by atoms with Gasteiger partial charge in [-0.2, -0.15) is 0 Å². The van der Waals surface area contributed by atoms with E-state index in [2.05, 4.69) is 42.2 Å². The van der Waals surface area contributed by atoms with Crippen LogP contribution in [-0.4, -0.2) is 249 Å². The third-order valence-corrected chi connectivity index (χ3v) is 11.4. The Morgan fingerprint density at radius 1 is 0.625 bits per heavy atom. The Labute approximate surface area is 456 Å². The van der Waals surface area contributed by atoms with Crippen molar-refractivity contribution in [1.29, 1.82) is 0 Å². The third kappa shape index (κ3) is 26.7. The van der Waals surface area contributed by atoms with E-state index < -0.39 is 177 Å². The van der Waals surface area contributed by atoms with Crippen molar-refractivity contribution in [2.45, 2.75) is 133 Å². The minimum atomic E-state index is -2.20. The second-order valence-electron chi connectivity index (χ2n) is 18.2. The molecule has 7 amide bonds. The Kier molecular flexibility index (Phi) is 31.9. The molecule has 1 aliphatic rings. The number of ether oxygens (including phenoxy) is 5. The Morgan fingerprint density at radius 3 is 1.73 bits per heavy atom. The summed E-state index contributed by atoms with van der Waals surface area (Å²) >= 11 is 0. The number of nitrogens with one attached hydrogen (secondary N) is 7. The average Bonchev–Trinajstić information content (AvgIpc) is 3.83. The van der Waals surface area contributed by atoms with Crippen LogP contribution >= 0.6 is 0 Å². The zero-order chi connectivity index (χ0) is 59.9. The zero-order valence-electron chi connectivity index (χ0n) is 44.2. The Hall–Kier alpha value is -7.08. The van der Waals surface area contributed by atoms with Gasteiger partial charge < -0.3 is 96.6 Å². The van der Waals surface area contributed by atoms with E-state index in [4.69, 9.17) is 28.8 Å². The highest BCUT2D eigenvalue weighted by molar-refractivity contribution is 5.98. The first-order valence-electron chi connectivity index (χ1n) is 25.2. The van der Waals surface area contributed by atoms with Crippen molar-refractivity contribution in [3.8, 4) is 0 Å². The number of amides is 7. The summed E-state index contributed by atoms with van der Waals surface area (Å²) in [5.74, 6) is -14.4. The van der Waals surface area contributed by atoms with E-state index in [9.17, 15) is 87.8 Å². The lowest BCUT2D eigenvalue weighted by atomic mass is 9.94. The fourth-order valence-corrected chi connectivity index (χ4v) is 7.11. The van der Waals surface area contributed by atoms with E-state index in [0.717, 1.165) is 4.68 Å². The summed E-state index contributed by atoms with van der Waals surface area (Å²) in [7, 11) is 0. The number of rotatable bonds is 41. The fourth-order valence-electron chi connectivity index (χ4n) is 7.11. The van der Waals surface area contributed by atoms with Crippen molar-refractivity contribution >= 4 is 65.2 Å². The smallest absolute Gasteiger partial charge is 0.305 e. The first-order chi connectivity index (χ1) is 37.8. The van der Waals surface area contributed by atoms with E-state index in [1.54, 1.807) is 0 Å². The molecular weight excluding hydrogens is 1080 g/mol. The number of hydrogen-bond donors (Lipinski definition) is 14. The van der Waals surface area contributed by atoms with Gasteiger partial charge in [0, 0.05) is 25.7 Å². The van der Waals surface area contributed by atoms with Crippen LogP contribution < -0.4 is 37.2 Å². The molecule has 1 saturated heterocycles. The topological polar surface area (TPSA) is 490 Å². The Balaban J connectivity index is 2.04. The number of aliphatic hydroxyl groups excluding tert-OH is 3. The van der Waals surface area contributed by atoms with Gasteiger partial charge in [-0.3, -0.25) is 57.1 Å². The van der Waals surface area contributed by atoms with Crippen molar-refractivity contribution in [2.24, 2.45) is 5.92 Å². The second-order valence-corrected chi connectivity index (χ2v) is 18.2. The van der Waals surface area contributed by atoms with Gasteiger partial charge in [-0.15, -0.1) is 5.10 Å². The van der Waals surface area contributed by atoms with Gasteiger partial charge in [-0.25, -0.2) is 4.68 Å². The van der Waals surface area contributed by atoms with Crippen LogP contribution in [0.25, 0.3) is 0 Å². The van der Waals surface area contributed by atoms with E-state index in [-0.39, 0.29) is 78.7 Å². The largest absolute Gasteiger partial charge is 0.481 e. The third-order valence-electron chi connectivity index (χ3n) is 11.4. The summed E-state index contributed by atoms with van der Waals surface area (Å²) in [5, 5.41) is 92.5. The van der Waals surface area contributed by atoms with Gasteiger partial charge in [0.15, 0.2) is 6.10 Å². The highest BCUT2D eigenvalue weighted by Crippen LogP contribution is 2.22. The number of aliphatic carboxylic acids is 4. The molecule has 1 aromatic rings. The minimum absolute atomic E-state index is 0.0144. The molecular formula is C46H73FN10O23. The Bertz CT molecular complexity index is 2210. The highest BCUT2D eigenvalue weighted by Gasteiger charge is 2.47. The predicted octanol–water partition coefficient (Wildman–Crippen LogP) is -6.28. The van der Waals surface area contributed by atoms with Crippen LogP contribution in [0.5, 0.6) is 0 Å². The van der Waals surface area contributed by atoms with Crippen molar-refractivity contribution < 1.29 is 117 Å². The maximum atomic E-state index is 13.8. The molecule has 10 atom stereocenters. The molecule has 0 saturated carbocycles. The number of carbonyl (C=O) groups is 11. The molecule has 0 spiro atoms. The number of carboxylic acid groups (broad SMARTS) is 4. The molecule has 452 valence electrons. The lowest BCUT2D eigenvalue weighted by Gasteiger charge is -2.40. The molecule has 2 heterocycles. The molecule has 1 fully saturated rings. The standard InChI is InChI=1S/C46H73FN10O23/c1-24(2)36(45(74)52-28(19-34(63)64)43(72)50-25(3)41(70)48-10-12-77-14-16-79-18-17-78-15-13-76-11-8-33(61)62)54-42(71)27(6-7-32(59)60)51-44(73)29(20-35(65)66)53-46(75)40-39(69)38(68)37(67)30(80-40)21-49-31(58)23-57-22-26(55-56-57)5-4-9-47/h22,24-25,27-30,36-40,67-69H,4-21,23H2,1-3H3,(H,48,70)(H,49,58)(H,50,72)(H,51,73)(H,52,74)(H,53,75)(H,54,71)(H,59,60)(H,61,62)(H,63,64)(H,65,66)/t25-,27-,28-,29-,30+,36-,37+,38-,39-,40+/m0/s1/i47-1. The quantitative estimate of drug-likeness (QED) is 0.0271. The number of hydrogen-bond acceptors (Lipinski definition) is 21. The summed E-state index contributed by atoms with van der Waals surface area (Å²) in [6.07, 6.45) is -11.9. The van der Waals surface area contributed by atoms with E-state index in [1.165, 1.54) is 27.0 Å². The average molecular weight is 1150 g/mol. The van der Waals surface area contributed by atoms with Gasteiger partial charge in [0.1, 0.15) is 61.2 Å². The van der Waals surface area contributed by atoms with Gasteiger partial charge in [0.05, 0.1) is 84.5 Å². The molecule has 1 aromatic heterocycles. The molecule has 33 nitrogen and oxygen atoms in total. The molecule has 0 bridgehead atoms. The van der Waals surface area contributed by atoms with Crippen LogP contribution in [0, 0.1) is 5.92 Å². The maximum absolute atomic E-state index is 13.8. The second kappa shape index (κ2) is 37.0. The number of nitrogens with zero attached hydrogens (tertiary/aromatic N) is 3. The number of aryl methyl sites for hydroxylation is 1. The number of aromatic nitrogens is 3. The van der Waals surface area contributed by atoms with Crippen molar-refractivity contribution in [3.63, 3.8) is 0 Å². The van der Waals surface area contributed by atoms with Crippen LogP contribution in [-0.2, 0) is 89.4 Å². The highest BCUT2D eigenvalue weighted by atomic mass is 18.2. The molecule has 0 radical (unpaired) electrons. The summed E-state index contributed by atoms with van der Waals surface area (Å²) in [6.45, 7) is 3.92. The van der Waals surface area contributed by atoms with E-state index >= 15 is 0 Å². The van der Waals surface area contributed by atoms with Gasteiger partial charge >= 0.3 is 23.9 Å². The number of carboxylic acids is 4. The normalized spacial score (nSPS) is 18.8.